The summed E-state index contributed by atoms with van der Waals surface area (Å²) in [5, 5.41) is 0. The van der Waals surface area contributed by atoms with Crippen LogP contribution in [0.1, 0.15) is 27.7 Å². The Morgan fingerprint density at radius 2 is 1.00 bits per heavy atom. The summed E-state index contributed by atoms with van der Waals surface area (Å²) in [7, 11) is -4.67. The Morgan fingerprint density at radius 1 is 0.857 bits per heavy atom. The lowest BCUT2D eigenvalue weighted by Crippen LogP contribution is -2.47. The number of nitrogens with zero attached hydrogens (tertiary/aromatic N) is 1. The van der Waals surface area contributed by atoms with Gasteiger partial charge in [0, 0.05) is 0 Å². The number of hydrogen-bond donors (Lipinski definition) is 2. The minimum Gasteiger partial charge on any atom is -0.325 e. The van der Waals surface area contributed by atoms with Gasteiger partial charge in [0.25, 0.3) is 0 Å². The van der Waals surface area contributed by atoms with Crippen molar-refractivity contribution in [3.05, 3.63) is 0 Å². The van der Waals surface area contributed by atoms with Crippen molar-refractivity contribution in [1.82, 2.24) is 0 Å². The molecule has 14 heavy (non-hydrogen) atoms. The molecule has 0 fully saturated rings. The molecule has 88 valence electrons. The molecule has 6 heteroatoms. The minimum atomic E-state index is -4.67. The van der Waals surface area contributed by atoms with Crippen molar-refractivity contribution in [1.29, 1.82) is 0 Å². The fourth-order valence-corrected chi connectivity index (χ4v) is 1.34. The molecule has 0 rings (SSSR count). The van der Waals surface area contributed by atoms with E-state index in [1.807, 2.05) is 0 Å². The average Bonchev–Trinajstić information content (AvgIpc) is 2.07. The first-order valence-corrected chi connectivity index (χ1v) is 6.19. The normalized spacial score (nSPS) is 11.9. The summed E-state index contributed by atoms with van der Waals surface area (Å²) in [5.41, 5.74) is 0. The zero-order chi connectivity index (χ0) is 11.8. The van der Waals surface area contributed by atoms with E-state index < -0.39 is 10.4 Å². The molecule has 0 heterocycles. The molecule has 0 aromatic carbocycles. The standard InChI is InChI=1S/C8H20N.H2O4S/c1-5-9(6-2,7-3)8-4;1-5(2,3)4/h5-8H2,1-4H3;(H2,1,2,3,4)/q+1;. The van der Waals surface area contributed by atoms with E-state index in [1.54, 1.807) is 0 Å². The first-order valence-electron chi connectivity index (χ1n) is 4.79. The topological polar surface area (TPSA) is 74.6 Å². The lowest BCUT2D eigenvalue weighted by Gasteiger charge is -2.34. The third-order valence-corrected chi connectivity index (χ3v) is 2.68. The molecule has 0 atom stereocenters. The minimum absolute atomic E-state index is 1.28. The summed E-state index contributed by atoms with van der Waals surface area (Å²) in [6.45, 7) is 14.2. The van der Waals surface area contributed by atoms with Crippen molar-refractivity contribution in [3.63, 3.8) is 0 Å². The second kappa shape index (κ2) is 7.17. The van der Waals surface area contributed by atoms with Crippen molar-refractivity contribution in [2.45, 2.75) is 27.7 Å². The molecule has 0 amide bonds. The zero-order valence-electron chi connectivity index (χ0n) is 9.39. The van der Waals surface area contributed by atoms with E-state index in [-0.39, 0.29) is 0 Å². The number of rotatable bonds is 4. The van der Waals surface area contributed by atoms with Crippen LogP contribution >= 0.6 is 0 Å². The van der Waals surface area contributed by atoms with Gasteiger partial charge in [0.2, 0.25) is 0 Å². The molecule has 0 aliphatic heterocycles. The molecule has 2 N–H and O–H groups in total. The predicted octanol–water partition coefficient (Wildman–Crippen LogP) is 1.23. The first-order chi connectivity index (χ1) is 6.24. The van der Waals surface area contributed by atoms with E-state index in [2.05, 4.69) is 27.7 Å². The lowest BCUT2D eigenvalue weighted by atomic mass is 10.3. The van der Waals surface area contributed by atoms with Gasteiger partial charge >= 0.3 is 10.4 Å². The summed E-state index contributed by atoms with van der Waals surface area (Å²) in [5.74, 6) is 0. The average molecular weight is 228 g/mol. The molecule has 0 saturated carbocycles. The molecule has 0 unspecified atom stereocenters. The van der Waals surface area contributed by atoms with Gasteiger partial charge in [-0.05, 0) is 27.7 Å². The Balaban J connectivity index is 0. The van der Waals surface area contributed by atoms with Gasteiger partial charge in [-0.1, -0.05) is 0 Å². The Morgan fingerprint density at radius 3 is 1.00 bits per heavy atom. The molecule has 0 aromatic heterocycles. The van der Waals surface area contributed by atoms with E-state index in [1.165, 1.54) is 30.7 Å². The lowest BCUT2D eigenvalue weighted by molar-refractivity contribution is -0.921. The molecule has 0 aliphatic rings. The van der Waals surface area contributed by atoms with Gasteiger partial charge in [0.05, 0.1) is 26.2 Å². The molecular formula is C8H22NO4S+. The van der Waals surface area contributed by atoms with Gasteiger partial charge in [-0.2, -0.15) is 8.42 Å². The highest BCUT2D eigenvalue weighted by atomic mass is 32.3. The fraction of sp³-hybridized carbons (Fsp3) is 1.00. The summed E-state index contributed by atoms with van der Waals surface area (Å²) < 4.78 is 32.9. The second-order valence-corrected chi connectivity index (χ2v) is 3.95. The second-order valence-electron chi connectivity index (χ2n) is 3.05. The first kappa shape index (κ1) is 16.3. The van der Waals surface area contributed by atoms with Gasteiger partial charge in [-0.15, -0.1) is 0 Å². The Labute approximate surface area is 86.9 Å². The number of hydrogen-bond acceptors (Lipinski definition) is 2. The highest BCUT2D eigenvalue weighted by Crippen LogP contribution is 2.03. The molecule has 0 aromatic rings. The van der Waals surface area contributed by atoms with Gasteiger partial charge in [-0.3, -0.25) is 9.11 Å². The van der Waals surface area contributed by atoms with Crippen LogP contribution in [0.3, 0.4) is 0 Å². The van der Waals surface area contributed by atoms with Gasteiger partial charge < -0.3 is 4.48 Å². The van der Waals surface area contributed by atoms with Gasteiger partial charge in [-0.25, -0.2) is 0 Å². The SMILES string of the molecule is CC[N+](CC)(CC)CC.O=S(=O)(O)O. The fourth-order valence-electron chi connectivity index (χ4n) is 1.34. The third-order valence-electron chi connectivity index (χ3n) is 2.68. The molecule has 0 bridgehead atoms. The van der Waals surface area contributed by atoms with Crippen LogP contribution in [0.2, 0.25) is 0 Å². The number of quaternary nitrogens is 1. The van der Waals surface area contributed by atoms with E-state index in [9.17, 15) is 0 Å². The summed E-state index contributed by atoms with van der Waals surface area (Å²) in [6, 6.07) is 0. The van der Waals surface area contributed by atoms with E-state index in [0.29, 0.717) is 0 Å². The maximum absolute atomic E-state index is 8.74. The zero-order valence-corrected chi connectivity index (χ0v) is 10.2. The summed E-state index contributed by atoms with van der Waals surface area (Å²) in [6.07, 6.45) is 0. The van der Waals surface area contributed by atoms with Crippen molar-refractivity contribution >= 4 is 10.4 Å². The third kappa shape index (κ3) is 9.91. The van der Waals surface area contributed by atoms with Crippen molar-refractivity contribution in [2.75, 3.05) is 26.2 Å². The molecule has 5 nitrogen and oxygen atoms in total. The van der Waals surface area contributed by atoms with Crippen LogP contribution < -0.4 is 0 Å². The van der Waals surface area contributed by atoms with E-state index in [4.69, 9.17) is 17.5 Å². The quantitative estimate of drug-likeness (QED) is 0.560. The van der Waals surface area contributed by atoms with Crippen LogP contribution in [-0.4, -0.2) is 48.2 Å². The van der Waals surface area contributed by atoms with Crippen LogP contribution in [0.25, 0.3) is 0 Å². The van der Waals surface area contributed by atoms with Crippen LogP contribution in [-0.2, 0) is 10.4 Å². The monoisotopic (exact) mass is 228 g/mol. The molecule has 0 saturated heterocycles. The summed E-state index contributed by atoms with van der Waals surface area (Å²) in [4.78, 5) is 0. The van der Waals surface area contributed by atoms with Gasteiger partial charge in [0.1, 0.15) is 0 Å². The Bertz CT molecular complexity index is 196. The maximum atomic E-state index is 8.74. The molecule has 0 aliphatic carbocycles. The Kier molecular flexibility index (Phi) is 8.33. The largest absolute Gasteiger partial charge is 0.394 e. The van der Waals surface area contributed by atoms with Crippen molar-refractivity contribution < 1.29 is 22.0 Å². The predicted molar refractivity (Wildman–Crippen MR) is 56.6 cm³/mol. The van der Waals surface area contributed by atoms with Crippen LogP contribution in [0, 0.1) is 0 Å². The molecule has 0 radical (unpaired) electrons. The maximum Gasteiger partial charge on any atom is 0.394 e. The van der Waals surface area contributed by atoms with Crippen molar-refractivity contribution in [3.8, 4) is 0 Å². The van der Waals surface area contributed by atoms with E-state index >= 15 is 0 Å². The van der Waals surface area contributed by atoms with Crippen molar-refractivity contribution in [2.24, 2.45) is 0 Å². The smallest absolute Gasteiger partial charge is 0.325 e. The van der Waals surface area contributed by atoms with E-state index in [0.717, 1.165) is 0 Å². The highest BCUT2D eigenvalue weighted by Gasteiger charge is 2.16. The van der Waals surface area contributed by atoms with Crippen LogP contribution in [0.15, 0.2) is 0 Å². The van der Waals surface area contributed by atoms with Gasteiger partial charge in [0.15, 0.2) is 0 Å². The molecular weight excluding hydrogens is 206 g/mol. The van der Waals surface area contributed by atoms with Crippen LogP contribution in [0.5, 0.6) is 0 Å². The highest BCUT2D eigenvalue weighted by molar-refractivity contribution is 7.79. The summed E-state index contributed by atoms with van der Waals surface area (Å²) >= 11 is 0. The van der Waals surface area contributed by atoms with Crippen LogP contribution in [0.4, 0.5) is 0 Å². The molecule has 0 spiro atoms. The Hall–Kier alpha value is -0.170.